The molecule has 1 aromatic rings. The molecular weight excluding hydrogens is 522 g/mol. The van der Waals surface area contributed by atoms with Crippen molar-refractivity contribution in [2.45, 2.75) is 80.2 Å². The van der Waals surface area contributed by atoms with Crippen molar-refractivity contribution in [3.8, 4) is 11.5 Å². The Morgan fingerprint density at radius 3 is 1.82 bits per heavy atom. The third-order valence-electron chi connectivity index (χ3n) is 5.14. The van der Waals surface area contributed by atoms with Crippen LogP contribution in [0.5, 0.6) is 11.5 Å². The Morgan fingerprint density at radius 1 is 0.825 bits per heavy atom. The van der Waals surface area contributed by atoms with E-state index in [1.165, 1.54) is 19.2 Å². The number of carbonyl (C=O) groups excluding carboxylic acids is 4. The molecule has 0 heterocycles. The zero-order valence-electron chi connectivity index (χ0n) is 25.2. The minimum absolute atomic E-state index is 0.0231. The number of benzene rings is 1. The maximum atomic E-state index is 12.6. The molecule has 1 aromatic carbocycles. The van der Waals surface area contributed by atoms with Crippen LogP contribution in [0.25, 0.3) is 0 Å². The lowest BCUT2D eigenvalue weighted by Crippen LogP contribution is -2.51. The van der Waals surface area contributed by atoms with Gasteiger partial charge in [0, 0.05) is 19.3 Å². The van der Waals surface area contributed by atoms with Gasteiger partial charge in [-0.05, 0) is 34.4 Å². The summed E-state index contributed by atoms with van der Waals surface area (Å²) in [5.74, 6) is -1.23. The molecule has 11 nitrogen and oxygen atoms in total. The second-order valence-corrected chi connectivity index (χ2v) is 12.6. The smallest absolute Gasteiger partial charge is 0.468 e. The monoisotopic (exact) mass is 567 g/mol. The molecule has 0 amide bonds. The van der Waals surface area contributed by atoms with Crippen LogP contribution in [0.4, 0.5) is 9.59 Å². The number of hydrogen-bond acceptors (Lipinski definition) is 11. The first-order chi connectivity index (χ1) is 18.3. The largest absolute Gasteiger partial charge is 0.513 e. The molecular formula is C29H45NO10. The van der Waals surface area contributed by atoms with E-state index in [9.17, 15) is 19.2 Å². The van der Waals surface area contributed by atoms with E-state index in [0.717, 1.165) is 0 Å². The first kappa shape index (κ1) is 34.7. The third-order valence-corrected chi connectivity index (χ3v) is 5.14. The van der Waals surface area contributed by atoms with Crippen molar-refractivity contribution < 1.29 is 47.6 Å². The predicted octanol–water partition coefficient (Wildman–Crippen LogP) is 5.20. The summed E-state index contributed by atoms with van der Waals surface area (Å²) in [6, 6.07) is 4.34. The molecule has 0 aliphatic carbocycles. The first-order valence-electron chi connectivity index (χ1n) is 13.2. The van der Waals surface area contributed by atoms with Gasteiger partial charge in [0.05, 0.1) is 26.9 Å². The van der Waals surface area contributed by atoms with Crippen molar-refractivity contribution in [1.82, 2.24) is 0 Å². The lowest BCUT2D eigenvalue weighted by atomic mass is 9.88. The Bertz CT molecular complexity index is 1020. The number of hydrogen-bond donors (Lipinski definition) is 1. The molecule has 226 valence electrons. The van der Waals surface area contributed by atoms with Gasteiger partial charge in [-0.2, -0.15) is 0 Å². The van der Waals surface area contributed by atoms with Crippen molar-refractivity contribution in [2.75, 3.05) is 26.9 Å². The number of nitrogens with two attached hydrogens (primary N) is 1. The Hall–Kier alpha value is -3.34. The summed E-state index contributed by atoms with van der Waals surface area (Å²) < 4.78 is 31.1. The predicted molar refractivity (Wildman–Crippen MR) is 147 cm³/mol. The van der Waals surface area contributed by atoms with Crippen molar-refractivity contribution in [1.29, 1.82) is 0 Å². The fourth-order valence-electron chi connectivity index (χ4n) is 3.19. The molecule has 1 atom stereocenters. The quantitative estimate of drug-likeness (QED) is 0.202. The van der Waals surface area contributed by atoms with Crippen LogP contribution in [-0.2, 0) is 35.0 Å². The summed E-state index contributed by atoms with van der Waals surface area (Å²) in [7, 11) is 1.20. The van der Waals surface area contributed by atoms with Gasteiger partial charge < -0.3 is 34.2 Å². The summed E-state index contributed by atoms with van der Waals surface area (Å²) in [4.78, 5) is 49.3. The molecule has 0 fully saturated rings. The Morgan fingerprint density at radius 2 is 1.35 bits per heavy atom. The fourth-order valence-corrected chi connectivity index (χ4v) is 3.19. The van der Waals surface area contributed by atoms with E-state index in [0.29, 0.717) is 5.56 Å². The van der Waals surface area contributed by atoms with E-state index in [4.69, 9.17) is 34.2 Å². The number of methoxy groups -OCH3 is 1. The lowest BCUT2D eigenvalue weighted by molar-refractivity contribution is -0.151. The molecule has 40 heavy (non-hydrogen) atoms. The molecule has 0 bridgehead atoms. The summed E-state index contributed by atoms with van der Waals surface area (Å²) in [5.41, 5.74) is 4.70. The number of ether oxygens (including phenoxy) is 6. The highest BCUT2D eigenvalue weighted by molar-refractivity contribution is 5.81. The standard InChI is InChI=1S/C29H45NO10/c1-19(2)14-23(31)36-13-12-29(30,24(32)35-9)16-20-10-11-21(39-25(33)37-17-27(3,4)5)22(15-20)40-26(34)38-18-28(6,7)8/h10-11,15,19H,12-14,16-18,30H2,1-9H3/t29-/m1/s1. The third kappa shape index (κ3) is 13.6. The zero-order valence-corrected chi connectivity index (χ0v) is 25.2. The van der Waals surface area contributed by atoms with Gasteiger partial charge in [-0.25, -0.2) is 9.59 Å². The summed E-state index contributed by atoms with van der Waals surface area (Å²) >= 11 is 0. The van der Waals surface area contributed by atoms with E-state index in [2.05, 4.69) is 0 Å². The average Bonchev–Trinajstić information content (AvgIpc) is 2.81. The molecule has 0 unspecified atom stereocenters. The van der Waals surface area contributed by atoms with Crippen LogP contribution in [0.3, 0.4) is 0 Å². The molecule has 0 radical (unpaired) electrons. The highest BCUT2D eigenvalue weighted by Crippen LogP contribution is 2.32. The Balaban J connectivity index is 3.19. The van der Waals surface area contributed by atoms with E-state index in [1.54, 1.807) is 6.07 Å². The Kier molecular flexibility index (Phi) is 12.9. The maximum Gasteiger partial charge on any atom is 0.513 e. The lowest BCUT2D eigenvalue weighted by Gasteiger charge is -2.27. The second kappa shape index (κ2) is 14.9. The number of rotatable bonds is 12. The highest BCUT2D eigenvalue weighted by atomic mass is 16.7. The van der Waals surface area contributed by atoms with Gasteiger partial charge in [0.2, 0.25) is 0 Å². The molecule has 1 rings (SSSR count). The minimum Gasteiger partial charge on any atom is -0.468 e. The van der Waals surface area contributed by atoms with E-state index < -0.39 is 29.8 Å². The van der Waals surface area contributed by atoms with E-state index in [-0.39, 0.29) is 67.3 Å². The van der Waals surface area contributed by atoms with Crippen LogP contribution in [0.15, 0.2) is 18.2 Å². The average molecular weight is 568 g/mol. The van der Waals surface area contributed by atoms with Crippen molar-refractivity contribution >= 4 is 24.2 Å². The van der Waals surface area contributed by atoms with Crippen LogP contribution >= 0.6 is 0 Å². The molecule has 0 saturated carbocycles. The summed E-state index contributed by atoms with van der Waals surface area (Å²) in [6.07, 6.45) is -1.85. The molecule has 0 aliphatic heterocycles. The normalized spacial score (nSPS) is 13.2. The van der Waals surface area contributed by atoms with Crippen molar-refractivity contribution in [3.63, 3.8) is 0 Å². The van der Waals surface area contributed by atoms with Crippen LogP contribution in [0.1, 0.15) is 73.8 Å². The van der Waals surface area contributed by atoms with Gasteiger partial charge in [-0.15, -0.1) is 0 Å². The summed E-state index contributed by atoms with van der Waals surface area (Å²) in [5, 5.41) is 0. The van der Waals surface area contributed by atoms with Gasteiger partial charge >= 0.3 is 24.2 Å². The van der Waals surface area contributed by atoms with Gasteiger partial charge in [-0.3, -0.25) is 9.59 Å². The van der Waals surface area contributed by atoms with Crippen LogP contribution < -0.4 is 15.2 Å². The maximum absolute atomic E-state index is 12.6. The fraction of sp³-hybridized carbons (Fsp3) is 0.655. The van der Waals surface area contributed by atoms with Crippen molar-refractivity contribution in [3.05, 3.63) is 23.8 Å². The number of carbonyl (C=O) groups is 4. The van der Waals surface area contributed by atoms with Gasteiger partial charge in [0.15, 0.2) is 11.5 Å². The molecule has 0 aromatic heterocycles. The molecule has 0 aliphatic rings. The van der Waals surface area contributed by atoms with Crippen LogP contribution in [0, 0.1) is 16.7 Å². The molecule has 11 heteroatoms. The first-order valence-corrected chi connectivity index (χ1v) is 13.2. The topological polar surface area (TPSA) is 150 Å². The van der Waals surface area contributed by atoms with Gasteiger partial charge in [0.1, 0.15) is 5.54 Å². The van der Waals surface area contributed by atoms with Crippen LogP contribution in [-0.4, -0.2) is 56.7 Å². The van der Waals surface area contributed by atoms with E-state index in [1.807, 2.05) is 55.4 Å². The highest BCUT2D eigenvalue weighted by Gasteiger charge is 2.36. The zero-order chi connectivity index (χ0) is 30.7. The molecule has 0 saturated heterocycles. The number of esters is 2. The molecule has 0 spiro atoms. The van der Waals surface area contributed by atoms with E-state index >= 15 is 0 Å². The molecule has 2 N–H and O–H groups in total. The SMILES string of the molecule is COC(=O)[C@@](N)(CCOC(=O)CC(C)C)Cc1ccc(OC(=O)OCC(C)(C)C)c(OC(=O)OCC(C)(C)C)c1. The second-order valence-electron chi connectivity index (χ2n) is 12.6. The van der Waals surface area contributed by atoms with Crippen molar-refractivity contribution in [2.24, 2.45) is 22.5 Å². The van der Waals surface area contributed by atoms with Crippen LogP contribution in [0.2, 0.25) is 0 Å². The Labute approximate surface area is 236 Å². The minimum atomic E-state index is -1.56. The summed E-state index contributed by atoms with van der Waals surface area (Å²) in [6.45, 7) is 15.2. The van der Waals surface area contributed by atoms with Gasteiger partial charge in [0.25, 0.3) is 0 Å². The van der Waals surface area contributed by atoms with Gasteiger partial charge in [-0.1, -0.05) is 61.5 Å².